The van der Waals surface area contributed by atoms with Gasteiger partial charge in [0.15, 0.2) is 0 Å². The number of carbonyl (C=O) groups excluding carboxylic acids is 1. The normalized spacial score (nSPS) is 21.8. The van der Waals surface area contributed by atoms with Crippen LogP contribution in [0.25, 0.3) is 0 Å². The minimum atomic E-state index is -0.955. The highest BCUT2D eigenvalue weighted by molar-refractivity contribution is 5.80. The Kier molecular flexibility index (Phi) is 5.71. The largest absolute Gasteiger partial charge is 0.481 e. The standard InChI is InChI=1S/C17H22FNO4/c1-12(5-6-13-3-2-4-14(18)9-13)16(22)19-17(10-15(20)21)7-8-23-11-17/h2-4,9,12H,5-8,10-11H2,1H3,(H,19,22)(H,20,21). The van der Waals surface area contributed by atoms with Gasteiger partial charge in [-0.25, -0.2) is 4.39 Å². The lowest BCUT2D eigenvalue weighted by molar-refractivity contribution is -0.139. The smallest absolute Gasteiger partial charge is 0.305 e. The van der Waals surface area contributed by atoms with E-state index < -0.39 is 11.5 Å². The number of amides is 1. The van der Waals surface area contributed by atoms with Crippen LogP contribution in [0, 0.1) is 11.7 Å². The van der Waals surface area contributed by atoms with E-state index in [2.05, 4.69) is 5.32 Å². The molecule has 1 aliphatic rings. The number of benzene rings is 1. The van der Waals surface area contributed by atoms with Crippen LogP contribution in [-0.4, -0.2) is 35.7 Å². The van der Waals surface area contributed by atoms with Gasteiger partial charge in [0.1, 0.15) is 5.82 Å². The van der Waals surface area contributed by atoms with E-state index in [1.165, 1.54) is 12.1 Å². The molecule has 1 heterocycles. The van der Waals surface area contributed by atoms with E-state index in [-0.39, 0.29) is 30.7 Å². The average molecular weight is 323 g/mol. The predicted octanol–water partition coefficient (Wildman–Crippen LogP) is 2.14. The topological polar surface area (TPSA) is 75.6 Å². The second-order valence-electron chi connectivity index (χ2n) is 6.21. The molecule has 1 aliphatic heterocycles. The molecule has 0 saturated carbocycles. The van der Waals surface area contributed by atoms with Crippen molar-refractivity contribution in [2.45, 2.75) is 38.1 Å². The molecule has 1 fully saturated rings. The van der Waals surface area contributed by atoms with E-state index in [1.807, 2.05) is 6.07 Å². The first-order valence-corrected chi connectivity index (χ1v) is 7.76. The Morgan fingerprint density at radius 1 is 1.48 bits per heavy atom. The first kappa shape index (κ1) is 17.4. The zero-order valence-electron chi connectivity index (χ0n) is 13.2. The molecule has 1 saturated heterocycles. The zero-order valence-corrected chi connectivity index (χ0v) is 13.2. The van der Waals surface area contributed by atoms with Crippen LogP contribution in [0.2, 0.25) is 0 Å². The SMILES string of the molecule is CC(CCc1cccc(F)c1)C(=O)NC1(CC(=O)O)CCOC1. The molecule has 0 radical (unpaired) electrons. The van der Waals surface area contributed by atoms with Gasteiger partial charge >= 0.3 is 5.97 Å². The van der Waals surface area contributed by atoms with Crippen molar-refractivity contribution in [1.82, 2.24) is 5.32 Å². The maximum Gasteiger partial charge on any atom is 0.305 e. The minimum Gasteiger partial charge on any atom is -0.481 e. The van der Waals surface area contributed by atoms with Crippen molar-refractivity contribution < 1.29 is 23.8 Å². The number of aliphatic carboxylic acids is 1. The summed E-state index contributed by atoms with van der Waals surface area (Å²) in [6.07, 6.45) is 1.52. The molecule has 126 valence electrons. The minimum absolute atomic E-state index is 0.143. The number of hydrogen-bond acceptors (Lipinski definition) is 3. The summed E-state index contributed by atoms with van der Waals surface area (Å²) in [4.78, 5) is 23.4. The summed E-state index contributed by atoms with van der Waals surface area (Å²) in [6.45, 7) is 2.46. The van der Waals surface area contributed by atoms with E-state index in [9.17, 15) is 14.0 Å². The van der Waals surface area contributed by atoms with Gasteiger partial charge in [-0.3, -0.25) is 9.59 Å². The van der Waals surface area contributed by atoms with Gasteiger partial charge in [-0.15, -0.1) is 0 Å². The number of rotatable bonds is 7. The highest BCUT2D eigenvalue weighted by Crippen LogP contribution is 2.24. The first-order valence-electron chi connectivity index (χ1n) is 7.76. The van der Waals surface area contributed by atoms with Gasteiger partial charge in [-0.2, -0.15) is 0 Å². The van der Waals surface area contributed by atoms with Gasteiger partial charge in [-0.05, 0) is 37.0 Å². The molecule has 0 bridgehead atoms. The molecule has 6 heteroatoms. The second-order valence-corrected chi connectivity index (χ2v) is 6.21. The van der Waals surface area contributed by atoms with Crippen LogP contribution >= 0.6 is 0 Å². The summed E-state index contributed by atoms with van der Waals surface area (Å²) >= 11 is 0. The van der Waals surface area contributed by atoms with Gasteiger partial charge in [-0.1, -0.05) is 19.1 Å². The maximum absolute atomic E-state index is 13.1. The summed E-state index contributed by atoms with van der Waals surface area (Å²) in [5, 5.41) is 11.9. The molecule has 23 heavy (non-hydrogen) atoms. The molecule has 0 spiro atoms. The Morgan fingerprint density at radius 2 is 2.26 bits per heavy atom. The van der Waals surface area contributed by atoms with Crippen LogP contribution < -0.4 is 5.32 Å². The fourth-order valence-corrected chi connectivity index (χ4v) is 2.77. The van der Waals surface area contributed by atoms with Crippen molar-refractivity contribution in [1.29, 1.82) is 0 Å². The number of aryl methyl sites for hydroxylation is 1. The molecule has 1 aromatic carbocycles. The number of nitrogens with one attached hydrogen (secondary N) is 1. The van der Waals surface area contributed by atoms with Gasteiger partial charge in [0.25, 0.3) is 0 Å². The summed E-state index contributed by atoms with van der Waals surface area (Å²) in [6, 6.07) is 6.31. The Balaban J connectivity index is 1.89. The van der Waals surface area contributed by atoms with E-state index in [4.69, 9.17) is 9.84 Å². The van der Waals surface area contributed by atoms with Crippen LogP contribution in [0.1, 0.15) is 31.7 Å². The van der Waals surface area contributed by atoms with E-state index in [0.717, 1.165) is 5.56 Å². The van der Waals surface area contributed by atoms with Crippen LogP contribution in [0.5, 0.6) is 0 Å². The van der Waals surface area contributed by atoms with Gasteiger partial charge in [0, 0.05) is 12.5 Å². The quantitative estimate of drug-likeness (QED) is 0.806. The third-order valence-electron chi connectivity index (χ3n) is 4.18. The van der Waals surface area contributed by atoms with Gasteiger partial charge < -0.3 is 15.2 Å². The number of carboxylic acid groups (broad SMARTS) is 1. The first-order chi connectivity index (χ1) is 10.9. The molecule has 2 unspecified atom stereocenters. The maximum atomic E-state index is 13.1. The van der Waals surface area contributed by atoms with Crippen LogP contribution in [0.3, 0.4) is 0 Å². The molecule has 0 aromatic heterocycles. The molecule has 2 atom stereocenters. The molecule has 2 rings (SSSR count). The lowest BCUT2D eigenvalue weighted by Gasteiger charge is -2.28. The third-order valence-corrected chi connectivity index (χ3v) is 4.18. The fraction of sp³-hybridized carbons (Fsp3) is 0.529. The van der Waals surface area contributed by atoms with Crippen molar-refractivity contribution in [2.75, 3.05) is 13.2 Å². The molecule has 2 N–H and O–H groups in total. The Labute approximate surface area is 134 Å². The van der Waals surface area contributed by atoms with Crippen molar-refractivity contribution in [2.24, 2.45) is 5.92 Å². The number of carboxylic acids is 1. The number of hydrogen-bond donors (Lipinski definition) is 2. The Hall–Kier alpha value is -1.95. The van der Waals surface area contributed by atoms with Crippen LogP contribution in [-0.2, 0) is 20.7 Å². The van der Waals surface area contributed by atoms with Crippen LogP contribution in [0.15, 0.2) is 24.3 Å². The Bertz CT molecular complexity index is 569. The molecule has 5 nitrogen and oxygen atoms in total. The highest BCUT2D eigenvalue weighted by atomic mass is 19.1. The predicted molar refractivity (Wildman–Crippen MR) is 82.4 cm³/mol. The molecule has 1 amide bonds. The van der Waals surface area contributed by atoms with Crippen molar-refractivity contribution in [3.05, 3.63) is 35.6 Å². The van der Waals surface area contributed by atoms with Crippen molar-refractivity contribution >= 4 is 11.9 Å². The van der Waals surface area contributed by atoms with Crippen LogP contribution in [0.4, 0.5) is 4.39 Å². The second kappa shape index (κ2) is 7.55. The van der Waals surface area contributed by atoms with Gasteiger partial charge in [0.05, 0.1) is 18.6 Å². The lowest BCUT2D eigenvalue weighted by atomic mass is 9.92. The molecular weight excluding hydrogens is 301 g/mol. The van der Waals surface area contributed by atoms with E-state index in [1.54, 1.807) is 13.0 Å². The molecular formula is C17H22FNO4. The number of halogens is 1. The number of carbonyl (C=O) groups is 2. The fourth-order valence-electron chi connectivity index (χ4n) is 2.77. The van der Waals surface area contributed by atoms with Crippen molar-refractivity contribution in [3.63, 3.8) is 0 Å². The summed E-state index contributed by atoms with van der Waals surface area (Å²) in [5.41, 5.74) is 0.0323. The van der Waals surface area contributed by atoms with E-state index >= 15 is 0 Å². The molecule has 0 aliphatic carbocycles. The van der Waals surface area contributed by atoms with E-state index in [0.29, 0.717) is 25.9 Å². The highest BCUT2D eigenvalue weighted by Gasteiger charge is 2.39. The lowest BCUT2D eigenvalue weighted by Crippen LogP contribution is -2.52. The third kappa shape index (κ3) is 5.03. The van der Waals surface area contributed by atoms with Gasteiger partial charge in [0.2, 0.25) is 5.91 Å². The number of ether oxygens (including phenoxy) is 1. The average Bonchev–Trinajstić information content (AvgIpc) is 2.92. The summed E-state index contributed by atoms with van der Waals surface area (Å²) < 4.78 is 18.4. The Morgan fingerprint density at radius 3 is 2.87 bits per heavy atom. The molecule has 1 aromatic rings. The van der Waals surface area contributed by atoms with Crippen molar-refractivity contribution in [3.8, 4) is 0 Å². The zero-order chi connectivity index (χ0) is 16.9. The monoisotopic (exact) mass is 323 g/mol. The summed E-state index contributed by atoms with van der Waals surface area (Å²) in [5.74, 6) is -1.72. The summed E-state index contributed by atoms with van der Waals surface area (Å²) in [7, 11) is 0.